The molecule has 0 aliphatic carbocycles. The molecule has 0 unspecified atom stereocenters. The van der Waals surface area contributed by atoms with Crippen LogP contribution in [0, 0.1) is 0 Å². The minimum atomic E-state index is -3.15. The zero-order valence-corrected chi connectivity index (χ0v) is 15.9. The first-order chi connectivity index (χ1) is 11.3. The van der Waals surface area contributed by atoms with Gasteiger partial charge >= 0.3 is 0 Å². The van der Waals surface area contributed by atoms with Gasteiger partial charge in [-0.05, 0) is 37.0 Å². The van der Waals surface area contributed by atoms with Crippen LogP contribution in [0.15, 0.2) is 18.2 Å². The van der Waals surface area contributed by atoms with Gasteiger partial charge in [0.2, 0.25) is 15.9 Å². The zero-order chi connectivity index (χ0) is 17.7. The summed E-state index contributed by atoms with van der Waals surface area (Å²) in [4.78, 5) is 12.2. The Hall–Kier alpha value is -0.820. The van der Waals surface area contributed by atoms with Crippen LogP contribution in [0.1, 0.15) is 31.7 Å². The van der Waals surface area contributed by atoms with E-state index >= 15 is 0 Å². The molecule has 0 saturated carbocycles. The van der Waals surface area contributed by atoms with E-state index in [0.29, 0.717) is 42.4 Å². The van der Waals surface area contributed by atoms with Crippen molar-refractivity contribution in [2.45, 2.75) is 38.6 Å². The van der Waals surface area contributed by atoms with Crippen molar-refractivity contribution in [1.29, 1.82) is 0 Å². The molecule has 134 valence electrons. The summed E-state index contributed by atoms with van der Waals surface area (Å²) in [6.45, 7) is 2.76. The molecular weight excluding hydrogens is 371 g/mol. The van der Waals surface area contributed by atoms with E-state index in [-0.39, 0.29) is 24.1 Å². The van der Waals surface area contributed by atoms with Gasteiger partial charge in [-0.25, -0.2) is 12.7 Å². The van der Waals surface area contributed by atoms with Gasteiger partial charge in [0.25, 0.3) is 0 Å². The van der Waals surface area contributed by atoms with Crippen LogP contribution in [0.2, 0.25) is 10.0 Å². The predicted octanol–water partition coefficient (Wildman–Crippen LogP) is 2.86. The number of carbonyl (C=O) groups is 1. The highest BCUT2D eigenvalue weighted by atomic mass is 35.5. The highest BCUT2D eigenvalue weighted by molar-refractivity contribution is 7.89. The molecule has 5 nitrogen and oxygen atoms in total. The van der Waals surface area contributed by atoms with Crippen LogP contribution in [-0.2, 0) is 21.2 Å². The third-order valence-corrected chi connectivity index (χ3v) is 6.70. The number of piperidine rings is 1. The number of nitrogens with zero attached hydrogens (tertiary/aromatic N) is 1. The van der Waals surface area contributed by atoms with Crippen LogP contribution in [0.25, 0.3) is 0 Å². The molecular formula is C16H22Cl2N2O3S. The highest BCUT2D eigenvalue weighted by Gasteiger charge is 2.27. The predicted molar refractivity (Wildman–Crippen MR) is 97.0 cm³/mol. The summed E-state index contributed by atoms with van der Waals surface area (Å²) in [6.07, 6.45) is 2.05. The van der Waals surface area contributed by atoms with E-state index in [1.165, 1.54) is 4.31 Å². The van der Waals surface area contributed by atoms with Gasteiger partial charge in [-0.15, -0.1) is 0 Å². The van der Waals surface area contributed by atoms with Crippen molar-refractivity contribution in [3.8, 4) is 0 Å². The average Bonchev–Trinajstić information content (AvgIpc) is 2.50. The third kappa shape index (κ3) is 5.34. The van der Waals surface area contributed by atoms with Crippen LogP contribution in [0.5, 0.6) is 0 Å². The molecule has 1 aromatic carbocycles. The zero-order valence-electron chi connectivity index (χ0n) is 13.6. The summed E-state index contributed by atoms with van der Waals surface area (Å²) >= 11 is 11.9. The number of hydrogen-bond donors (Lipinski definition) is 1. The molecule has 1 saturated heterocycles. The van der Waals surface area contributed by atoms with Crippen LogP contribution < -0.4 is 5.32 Å². The van der Waals surface area contributed by atoms with Crippen LogP contribution in [-0.4, -0.2) is 43.5 Å². The smallest absolute Gasteiger partial charge is 0.224 e. The van der Waals surface area contributed by atoms with Crippen molar-refractivity contribution in [2.24, 2.45) is 0 Å². The molecule has 1 N–H and O–H groups in total. The number of benzene rings is 1. The fourth-order valence-electron chi connectivity index (χ4n) is 2.78. The number of carbonyl (C=O) groups excluding carboxylic acids is 1. The highest BCUT2D eigenvalue weighted by Crippen LogP contribution is 2.21. The van der Waals surface area contributed by atoms with Crippen molar-refractivity contribution < 1.29 is 13.2 Å². The molecule has 2 rings (SSSR count). The van der Waals surface area contributed by atoms with Gasteiger partial charge in [-0.1, -0.05) is 36.2 Å². The summed E-state index contributed by atoms with van der Waals surface area (Å²) < 4.78 is 25.6. The largest absolute Gasteiger partial charge is 0.353 e. The Kier molecular flexibility index (Phi) is 6.92. The van der Waals surface area contributed by atoms with Crippen molar-refractivity contribution in [3.63, 3.8) is 0 Å². The topological polar surface area (TPSA) is 66.5 Å². The number of hydrogen-bond acceptors (Lipinski definition) is 3. The quantitative estimate of drug-likeness (QED) is 0.808. The summed E-state index contributed by atoms with van der Waals surface area (Å²) in [5.74, 6) is 0.0631. The molecule has 0 radical (unpaired) electrons. The molecule has 1 amide bonds. The Morgan fingerprint density at radius 1 is 1.29 bits per heavy atom. The Morgan fingerprint density at radius 3 is 2.54 bits per heavy atom. The van der Waals surface area contributed by atoms with Crippen molar-refractivity contribution in [3.05, 3.63) is 33.8 Å². The molecule has 0 atom stereocenters. The number of rotatable bonds is 6. The fourth-order valence-corrected chi connectivity index (χ4v) is 4.80. The van der Waals surface area contributed by atoms with Gasteiger partial charge in [-0.2, -0.15) is 0 Å². The lowest BCUT2D eigenvalue weighted by molar-refractivity contribution is -0.121. The molecule has 24 heavy (non-hydrogen) atoms. The monoisotopic (exact) mass is 392 g/mol. The van der Waals surface area contributed by atoms with E-state index < -0.39 is 10.0 Å². The van der Waals surface area contributed by atoms with Crippen LogP contribution in [0.4, 0.5) is 0 Å². The molecule has 8 heteroatoms. The first-order valence-electron chi connectivity index (χ1n) is 8.03. The molecule has 1 aliphatic rings. The Bertz CT molecular complexity index is 687. The lowest BCUT2D eigenvalue weighted by atomic mass is 10.1. The molecule has 0 spiro atoms. The molecule has 1 aromatic rings. The van der Waals surface area contributed by atoms with E-state index in [2.05, 4.69) is 5.32 Å². The van der Waals surface area contributed by atoms with E-state index in [9.17, 15) is 13.2 Å². The minimum absolute atomic E-state index is 0.00310. The summed E-state index contributed by atoms with van der Waals surface area (Å²) in [7, 11) is -3.15. The van der Waals surface area contributed by atoms with E-state index in [0.717, 1.165) is 5.56 Å². The van der Waals surface area contributed by atoms with Crippen molar-refractivity contribution in [1.82, 2.24) is 9.62 Å². The number of sulfonamides is 1. The fraction of sp³-hybridized carbons (Fsp3) is 0.562. The number of halogens is 2. The molecule has 1 heterocycles. The Balaban J connectivity index is 1.84. The Labute approximate surface area is 153 Å². The van der Waals surface area contributed by atoms with E-state index in [1.54, 1.807) is 18.2 Å². The van der Waals surface area contributed by atoms with Crippen molar-refractivity contribution >= 4 is 39.1 Å². The van der Waals surface area contributed by atoms with Crippen LogP contribution in [0.3, 0.4) is 0 Å². The maximum atomic E-state index is 12.2. The van der Waals surface area contributed by atoms with Crippen molar-refractivity contribution in [2.75, 3.05) is 18.8 Å². The first kappa shape index (κ1) is 19.5. The second kappa shape index (κ2) is 8.52. The second-order valence-corrected chi connectivity index (χ2v) is 8.90. The van der Waals surface area contributed by atoms with Gasteiger partial charge in [0.1, 0.15) is 0 Å². The van der Waals surface area contributed by atoms with E-state index in [4.69, 9.17) is 23.2 Å². The lowest BCUT2D eigenvalue weighted by Gasteiger charge is -2.31. The van der Waals surface area contributed by atoms with Gasteiger partial charge in [0.15, 0.2) is 0 Å². The van der Waals surface area contributed by atoms with E-state index in [1.807, 2.05) is 6.92 Å². The average molecular weight is 393 g/mol. The summed E-state index contributed by atoms with van der Waals surface area (Å²) in [5, 5.41) is 3.96. The maximum Gasteiger partial charge on any atom is 0.224 e. The molecule has 1 aliphatic heterocycles. The van der Waals surface area contributed by atoms with Gasteiger partial charge in [-0.3, -0.25) is 4.79 Å². The third-order valence-electron chi connectivity index (χ3n) is 4.04. The lowest BCUT2D eigenvalue weighted by Crippen LogP contribution is -2.47. The van der Waals surface area contributed by atoms with Gasteiger partial charge in [0.05, 0.1) is 12.2 Å². The second-order valence-electron chi connectivity index (χ2n) is 5.97. The van der Waals surface area contributed by atoms with Gasteiger partial charge < -0.3 is 5.32 Å². The van der Waals surface area contributed by atoms with Crippen LogP contribution >= 0.6 is 23.2 Å². The number of nitrogens with one attached hydrogen (secondary N) is 1. The SMILES string of the molecule is CCCS(=O)(=O)N1CCC(NC(=O)Cc2ccc(Cl)cc2Cl)CC1. The number of amides is 1. The normalized spacial score (nSPS) is 17.0. The summed E-state index contributed by atoms with van der Waals surface area (Å²) in [5.41, 5.74) is 0.724. The maximum absolute atomic E-state index is 12.2. The standard InChI is InChI=1S/C16H22Cl2N2O3S/c1-2-9-24(22,23)20-7-5-14(6-8-20)19-16(21)10-12-3-4-13(17)11-15(12)18/h3-4,11,14H,2,5-10H2,1H3,(H,19,21). The first-order valence-corrected chi connectivity index (χ1v) is 10.4. The molecule has 0 aromatic heterocycles. The van der Waals surface area contributed by atoms with Gasteiger partial charge in [0, 0.05) is 29.2 Å². The molecule has 1 fully saturated rings. The minimum Gasteiger partial charge on any atom is -0.353 e. The molecule has 0 bridgehead atoms. The Morgan fingerprint density at radius 2 is 1.96 bits per heavy atom. The summed E-state index contributed by atoms with van der Waals surface area (Å²) in [6, 6.07) is 5.05.